The first-order chi connectivity index (χ1) is 8.81. The highest BCUT2D eigenvalue weighted by Crippen LogP contribution is 2.15. The number of hydrogen-bond donors (Lipinski definition) is 2. The van der Waals surface area contributed by atoms with Crippen LogP contribution in [-0.4, -0.2) is 39.3 Å². The molecule has 0 aliphatic carbocycles. The van der Waals surface area contributed by atoms with Gasteiger partial charge in [0.2, 0.25) is 5.95 Å². The van der Waals surface area contributed by atoms with Crippen molar-refractivity contribution in [3.05, 3.63) is 35.9 Å². The van der Waals surface area contributed by atoms with Crippen LogP contribution in [0.15, 0.2) is 24.5 Å². The molecule has 0 saturated carbocycles. The lowest BCUT2D eigenvalue weighted by molar-refractivity contribution is 0.750. The van der Waals surface area contributed by atoms with E-state index in [1.54, 1.807) is 6.20 Å². The Morgan fingerprint density at radius 1 is 1.50 bits per heavy atom. The number of rotatable bonds is 3. The number of hydrogen-bond acceptors (Lipinski definition) is 5. The first kappa shape index (κ1) is 11.2. The van der Waals surface area contributed by atoms with Crippen molar-refractivity contribution < 1.29 is 0 Å². The van der Waals surface area contributed by atoms with Gasteiger partial charge in [0.1, 0.15) is 5.82 Å². The molecule has 3 rings (SSSR count). The lowest BCUT2D eigenvalue weighted by Gasteiger charge is -2.11. The van der Waals surface area contributed by atoms with E-state index in [0.29, 0.717) is 0 Å². The molecule has 0 amide bonds. The molecule has 0 spiro atoms. The molecule has 6 nitrogen and oxygen atoms in total. The van der Waals surface area contributed by atoms with E-state index in [1.165, 1.54) is 0 Å². The Balaban J connectivity index is 1.70. The van der Waals surface area contributed by atoms with E-state index in [-0.39, 0.29) is 6.04 Å². The Morgan fingerprint density at radius 2 is 2.44 bits per heavy atom. The normalized spacial score (nSPS) is 19.4. The predicted molar refractivity (Wildman–Crippen MR) is 68.2 cm³/mol. The van der Waals surface area contributed by atoms with Crippen molar-refractivity contribution in [2.45, 2.75) is 18.9 Å². The van der Waals surface area contributed by atoms with E-state index >= 15 is 0 Å². The minimum Gasteiger partial charge on any atom is -0.338 e. The second-order valence-corrected chi connectivity index (χ2v) is 4.61. The molecule has 0 radical (unpaired) electrons. The van der Waals surface area contributed by atoms with Gasteiger partial charge in [0, 0.05) is 37.9 Å². The fourth-order valence-corrected chi connectivity index (χ4v) is 2.17. The van der Waals surface area contributed by atoms with Crippen LogP contribution in [0.1, 0.15) is 17.8 Å². The van der Waals surface area contributed by atoms with Gasteiger partial charge in [-0.05, 0) is 18.1 Å². The minimum atomic E-state index is 0.241. The third kappa shape index (κ3) is 2.33. The summed E-state index contributed by atoms with van der Waals surface area (Å²) in [6.45, 7) is 1.77. The largest absolute Gasteiger partial charge is 0.338 e. The van der Waals surface area contributed by atoms with E-state index in [1.807, 2.05) is 18.3 Å². The highest BCUT2D eigenvalue weighted by molar-refractivity contribution is 5.32. The molecule has 1 fully saturated rings. The Kier molecular flexibility index (Phi) is 2.93. The van der Waals surface area contributed by atoms with E-state index in [4.69, 9.17) is 5.73 Å². The standard InChI is InChI=1S/C12H16N6/c13-10-3-5-18(8-10)12-15-11(16-17-12)6-9-2-1-4-14-7-9/h1-2,4,7,10H,3,5-6,8,13H2,(H,15,16,17). The molecule has 1 aliphatic heterocycles. The van der Waals surface area contributed by atoms with Crippen LogP contribution in [0.25, 0.3) is 0 Å². The zero-order chi connectivity index (χ0) is 12.4. The molecule has 3 heterocycles. The average Bonchev–Trinajstić information content (AvgIpc) is 2.99. The van der Waals surface area contributed by atoms with E-state index in [0.717, 1.165) is 43.3 Å². The summed E-state index contributed by atoms with van der Waals surface area (Å²) < 4.78 is 0. The van der Waals surface area contributed by atoms with Crippen LogP contribution in [0, 0.1) is 0 Å². The third-order valence-electron chi connectivity index (χ3n) is 3.12. The summed E-state index contributed by atoms with van der Waals surface area (Å²) in [5.74, 6) is 1.61. The smallest absolute Gasteiger partial charge is 0.244 e. The number of aromatic amines is 1. The van der Waals surface area contributed by atoms with Gasteiger partial charge >= 0.3 is 0 Å². The minimum absolute atomic E-state index is 0.241. The number of nitrogens with one attached hydrogen (secondary N) is 1. The molecule has 94 valence electrons. The SMILES string of the molecule is NC1CCN(c2n[nH]c(Cc3cccnc3)n2)C1. The molecular formula is C12H16N6. The van der Waals surface area contributed by atoms with Crippen molar-refractivity contribution in [2.24, 2.45) is 5.73 Å². The number of pyridine rings is 1. The number of anilines is 1. The summed E-state index contributed by atoms with van der Waals surface area (Å²) >= 11 is 0. The van der Waals surface area contributed by atoms with Crippen LogP contribution >= 0.6 is 0 Å². The van der Waals surface area contributed by atoms with Crippen molar-refractivity contribution in [2.75, 3.05) is 18.0 Å². The summed E-state index contributed by atoms with van der Waals surface area (Å²) in [7, 11) is 0. The second kappa shape index (κ2) is 4.73. The Morgan fingerprint density at radius 3 is 3.17 bits per heavy atom. The molecule has 2 aromatic rings. The second-order valence-electron chi connectivity index (χ2n) is 4.61. The van der Waals surface area contributed by atoms with Gasteiger partial charge in [-0.25, -0.2) is 0 Å². The quantitative estimate of drug-likeness (QED) is 0.812. The van der Waals surface area contributed by atoms with E-state index in [9.17, 15) is 0 Å². The van der Waals surface area contributed by atoms with Crippen LogP contribution in [-0.2, 0) is 6.42 Å². The van der Waals surface area contributed by atoms with Gasteiger partial charge in [0.25, 0.3) is 0 Å². The maximum absolute atomic E-state index is 5.88. The monoisotopic (exact) mass is 244 g/mol. The number of aromatic nitrogens is 4. The zero-order valence-electron chi connectivity index (χ0n) is 10.1. The molecular weight excluding hydrogens is 228 g/mol. The van der Waals surface area contributed by atoms with Gasteiger partial charge in [0.15, 0.2) is 0 Å². The molecule has 18 heavy (non-hydrogen) atoms. The first-order valence-electron chi connectivity index (χ1n) is 6.12. The van der Waals surface area contributed by atoms with Crippen molar-refractivity contribution in [3.63, 3.8) is 0 Å². The Labute approximate surface area is 105 Å². The fourth-order valence-electron chi connectivity index (χ4n) is 2.17. The topological polar surface area (TPSA) is 83.7 Å². The molecule has 2 aromatic heterocycles. The van der Waals surface area contributed by atoms with Crippen molar-refractivity contribution in [1.29, 1.82) is 0 Å². The van der Waals surface area contributed by atoms with Crippen molar-refractivity contribution >= 4 is 5.95 Å². The molecule has 0 aromatic carbocycles. The van der Waals surface area contributed by atoms with Gasteiger partial charge in [-0.2, -0.15) is 4.98 Å². The van der Waals surface area contributed by atoms with E-state index < -0.39 is 0 Å². The maximum Gasteiger partial charge on any atom is 0.244 e. The number of nitrogens with two attached hydrogens (primary N) is 1. The third-order valence-corrected chi connectivity index (χ3v) is 3.12. The van der Waals surface area contributed by atoms with Gasteiger partial charge in [-0.3, -0.25) is 10.1 Å². The molecule has 6 heteroatoms. The first-order valence-corrected chi connectivity index (χ1v) is 6.12. The van der Waals surface area contributed by atoms with Crippen LogP contribution in [0.4, 0.5) is 5.95 Å². The maximum atomic E-state index is 5.88. The molecule has 0 bridgehead atoms. The van der Waals surface area contributed by atoms with E-state index in [2.05, 4.69) is 25.1 Å². The zero-order valence-corrected chi connectivity index (χ0v) is 10.1. The summed E-state index contributed by atoms with van der Waals surface area (Å²) in [5.41, 5.74) is 7.00. The average molecular weight is 244 g/mol. The van der Waals surface area contributed by atoms with Gasteiger partial charge in [-0.15, -0.1) is 5.10 Å². The fraction of sp³-hybridized carbons (Fsp3) is 0.417. The molecule has 1 unspecified atom stereocenters. The molecule has 3 N–H and O–H groups in total. The van der Waals surface area contributed by atoms with Gasteiger partial charge in [0.05, 0.1) is 0 Å². The van der Waals surface area contributed by atoms with Gasteiger partial charge in [-0.1, -0.05) is 6.07 Å². The van der Waals surface area contributed by atoms with Crippen LogP contribution in [0.3, 0.4) is 0 Å². The van der Waals surface area contributed by atoms with Crippen LogP contribution in [0.5, 0.6) is 0 Å². The number of nitrogens with zero attached hydrogens (tertiary/aromatic N) is 4. The highest BCUT2D eigenvalue weighted by atomic mass is 15.4. The Hall–Kier alpha value is -1.95. The summed E-state index contributed by atoms with van der Waals surface area (Å²) in [6.07, 6.45) is 5.34. The Bertz CT molecular complexity index is 508. The summed E-state index contributed by atoms with van der Waals surface area (Å²) in [6, 6.07) is 4.19. The lowest BCUT2D eigenvalue weighted by atomic mass is 10.2. The van der Waals surface area contributed by atoms with Crippen molar-refractivity contribution in [3.8, 4) is 0 Å². The lowest BCUT2D eigenvalue weighted by Crippen LogP contribution is -2.27. The molecule has 1 atom stereocenters. The highest BCUT2D eigenvalue weighted by Gasteiger charge is 2.22. The number of H-pyrrole nitrogens is 1. The molecule has 1 saturated heterocycles. The van der Waals surface area contributed by atoms with Crippen LogP contribution < -0.4 is 10.6 Å². The summed E-state index contributed by atoms with van der Waals surface area (Å²) in [5, 5.41) is 7.22. The van der Waals surface area contributed by atoms with Crippen LogP contribution in [0.2, 0.25) is 0 Å². The summed E-state index contributed by atoms with van der Waals surface area (Å²) in [4.78, 5) is 10.7. The van der Waals surface area contributed by atoms with Crippen molar-refractivity contribution in [1.82, 2.24) is 20.2 Å². The molecule has 1 aliphatic rings. The predicted octanol–water partition coefficient (Wildman–Crippen LogP) is 0.328. The van der Waals surface area contributed by atoms with Gasteiger partial charge < -0.3 is 10.6 Å².